The molecule has 0 spiro atoms. The second kappa shape index (κ2) is 4.03. The van der Waals surface area contributed by atoms with Crippen LogP contribution < -0.4 is 0 Å². The molecular formula is C11H10BrClO. The van der Waals surface area contributed by atoms with E-state index in [2.05, 4.69) is 15.9 Å². The Balaban J connectivity index is 2.06. The maximum absolute atomic E-state index is 11.4. The highest BCUT2D eigenvalue weighted by atomic mass is 79.9. The SMILES string of the molecule is O=C(CBr)[C@@H]1C[C@H]1c1ccc(Cl)cc1. The van der Waals surface area contributed by atoms with Crippen molar-refractivity contribution in [2.24, 2.45) is 5.92 Å². The molecule has 0 radical (unpaired) electrons. The average Bonchev–Trinajstić information content (AvgIpc) is 2.98. The van der Waals surface area contributed by atoms with Crippen LogP contribution in [0.4, 0.5) is 0 Å². The number of hydrogen-bond acceptors (Lipinski definition) is 1. The van der Waals surface area contributed by atoms with E-state index < -0.39 is 0 Å². The molecule has 0 unspecified atom stereocenters. The Morgan fingerprint density at radius 3 is 2.64 bits per heavy atom. The van der Waals surface area contributed by atoms with Crippen molar-refractivity contribution in [3.63, 3.8) is 0 Å². The first-order valence-electron chi connectivity index (χ1n) is 4.56. The molecule has 1 aromatic rings. The molecule has 1 aliphatic rings. The van der Waals surface area contributed by atoms with Gasteiger partial charge in [-0.05, 0) is 30.0 Å². The van der Waals surface area contributed by atoms with Crippen molar-refractivity contribution in [1.82, 2.24) is 0 Å². The van der Waals surface area contributed by atoms with Gasteiger partial charge in [0.2, 0.25) is 0 Å². The molecule has 1 aliphatic carbocycles. The minimum Gasteiger partial charge on any atom is -0.298 e. The van der Waals surface area contributed by atoms with Gasteiger partial charge in [-0.2, -0.15) is 0 Å². The third kappa shape index (κ3) is 2.01. The van der Waals surface area contributed by atoms with E-state index in [-0.39, 0.29) is 5.92 Å². The number of carbonyl (C=O) groups is 1. The fourth-order valence-corrected chi connectivity index (χ4v) is 2.27. The van der Waals surface area contributed by atoms with Crippen molar-refractivity contribution >= 4 is 33.3 Å². The highest BCUT2D eigenvalue weighted by Crippen LogP contribution is 2.48. The van der Waals surface area contributed by atoms with Crippen LogP contribution in [0.25, 0.3) is 0 Å². The summed E-state index contributed by atoms with van der Waals surface area (Å²) in [6.45, 7) is 0. The summed E-state index contributed by atoms with van der Waals surface area (Å²) in [5.41, 5.74) is 1.23. The number of hydrogen-bond donors (Lipinski definition) is 0. The van der Waals surface area contributed by atoms with Gasteiger partial charge in [0.1, 0.15) is 5.78 Å². The quantitative estimate of drug-likeness (QED) is 0.771. The molecule has 0 N–H and O–H groups in total. The van der Waals surface area contributed by atoms with Gasteiger partial charge < -0.3 is 0 Å². The second-order valence-corrected chi connectivity index (χ2v) is 4.60. The Labute approximate surface area is 96.6 Å². The smallest absolute Gasteiger partial charge is 0.147 e. The molecule has 2 atom stereocenters. The first kappa shape index (κ1) is 10.2. The number of alkyl halides is 1. The summed E-state index contributed by atoms with van der Waals surface area (Å²) in [6.07, 6.45) is 0.992. The summed E-state index contributed by atoms with van der Waals surface area (Å²) >= 11 is 8.98. The number of ketones is 1. The zero-order chi connectivity index (χ0) is 10.1. The van der Waals surface area contributed by atoms with Gasteiger partial charge in [0.05, 0.1) is 5.33 Å². The summed E-state index contributed by atoms with van der Waals surface area (Å²) in [6, 6.07) is 7.78. The van der Waals surface area contributed by atoms with E-state index in [1.54, 1.807) is 0 Å². The Hall–Kier alpha value is -0.340. The third-order valence-corrected chi connectivity index (χ3v) is 3.44. The monoisotopic (exact) mass is 272 g/mol. The van der Waals surface area contributed by atoms with E-state index in [0.29, 0.717) is 17.0 Å². The van der Waals surface area contributed by atoms with Crippen molar-refractivity contribution in [1.29, 1.82) is 0 Å². The molecule has 1 saturated carbocycles. The highest BCUT2D eigenvalue weighted by Gasteiger charge is 2.42. The van der Waals surface area contributed by atoms with Crippen LogP contribution in [0, 0.1) is 5.92 Å². The highest BCUT2D eigenvalue weighted by molar-refractivity contribution is 9.09. The van der Waals surface area contributed by atoms with Crippen molar-refractivity contribution < 1.29 is 4.79 Å². The summed E-state index contributed by atoms with van der Waals surface area (Å²) < 4.78 is 0. The Morgan fingerprint density at radius 1 is 1.43 bits per heavy atom. The van der Waals surface area contributed by atoms with Crippen LogP contribution in [0.15, 0.2) is 24.3 Å². The van der Waals surface area contributed by atoms with Crippen molar-refractivity contribution in [3.8, 4) is 0 Å². The summed E-state index contributed by atoms with van der Waals surface area (Å²) in [4.78, 5) is 11.4. The molecule has 1 aromatic carbocycles. The van der Waals surface area contributed by atoms with Gasteiger partial charge in [0, 0.05) is 10.9 Å². The van der Waals surface area contributed by atoms with Crippen LogP contribution in [-0.2, 0) is 4.79 Å². The van der Waals surface area contributed by atoms with Crippen LogP contribution >= 0.6 is 27.5 Å². The van der Waals surface area contributed by atoms with Crippen LogP contribution in [0.5, 0.6) is 0 Å². The lowest BCUT2D eigenvalue weighted by atomic mass is 10.1. The van der Waals surface area contributed by atoms with E-state index in [1.807, 2.05) is 24.3 Å². The van der Waals surface area contributed by atoms with E-state index in [0.717, 1.165) is 11.4 Å². The van der Waals surface area contributed by atoms with E-state index in [1.165, 1.54) is 5.56 Å². The van der Waals surface area contributed by atoms with Crippen LogP contribution in [0.1, 0.15) is 17.9 Å². The molecule has 0 heterocycles. The van der Waals surface area contributed by atoms with Crippen molar-refractivity contribution in [3.05, 3.63) is 34.9 Å². The number of halogens is 2. The van der Waals surface area contributed by atoms with Gasteiger partial charge in [-0.3, -0.25) is 4.79 Å². The minimum absolute atomic E-state index is 0.232. The zero-order valence-corrected chi connectivity index (χ0v) is 9.88. The number of benzene rings is 1. The Morgan fingerprint density at radius 2 is 2.07 bits per heavy atom. The zero-order valence-electron chi connectivity index (χ0n) is 7.54. The molecule has 2 rings (SSSR count). The van der Waals surface area contributed by atoms with Gasteiger partial charge in [-0.15, -0.1) is 0 Å². The van der Waals surface area contributed by atoms with Gasteiger partial charge in [0.15, 0.2) is 0 Å². The van der Waals surface area contributed by atoms with Crippen molar-refractivity contribution in [2.45, 2.75) is 12.3 Å². The van der Waals surface area contributed by atoms with Crippen LogP contribution in [0.2, 0.25) is 5.02 Å². The molecule has 0 bridgehead atoms. The van der Waals surface area contributed by atoms with Gasteiger partial charge in [-0.25, -0.2) is 0 Å². The molecule has 74 valence electrons. The first-order valence-corrected chi connectivity index (χ1v) is 6.06. The molecule has 0 amide bonds. The largest absolute Gasteiger partial charge is 0.298 e. The van der Waals surface area contributed by atoms with Gasteiger partial charge in [0.25, 0.3) is 0 Å². The first-order chi connectivity index (χ1) is 6.72. The molecule has 0 aliphatic heterocycles. The number of rotatable bonds is 3. The van der Waals surface area contributed by atoms with Crippen LogP contribution in [-0.4, -0.2) is 11.1 Å². The molecule has 1 fully saturated rings. The lowest BCUT2D eigenvalue weighted by Gasteiger charge is -1.98. The van der Waals surface area contributed by atoms with Crippen molar-refractivity contribution in [2.75, 3.05) is 5.33 Å². The van der Waals surface area contributed by atoms with Crippen LogP contribution in [0.3, 0.4) is 0 Å². The maximum Gasteiger partial charge on any atom is 0.147 e. The van der Waals surface area contributed by atoms with E-state index in [4.69, 9.17) is 11.6 Å². The number of Topliss-reactive ketones (excluding diaryl/α,β-unsaturated/α-hetero) is 1. The third-order valence-electron chi connectivity index (χ3n) is 2.63. The molecular weight excluding hydrogens is 263 g/mol. The molecule has 3 heteroatoms. The predicted molar refractivity (Wildman–Crippen MR) is 61.1 cm³/mol. The van der Waals surface area contributed by atoms with E-state index >= 15 is 0 Å². The molecule has 0 aromatic heterocycles. The fraction of sp³-hybridized carbons (Fsp3) is 0.364. The molecule has 0 saturated heterocycles. The van der Waals surface area contributed by atoms with E-state index in [9.17, 15) is 4.79 Å². The summed E-state index contributed by atoms with van der Waals surface area (Å²) in [5, 5.41) is 1.22. The fourth-order valence-electron chi connectivity index (χ4n) is 1.73. The topological polar surface area (TPSA) is 17.1 Å². The Kier molecular flexibility index (Phi) is 2.93. The number of carbonyl (C=O) groups excluding carboxylic acids is 1. The average molecular weight is 274 g/mol. The Bertz CT molecular complexity index is 347. The van der Waals surface area contributed by atoms with Gasteiger partial charge >= 0.3 is 0 Å². The second-order valence-electron chi connectivity index (χ2n) is 3.60. The molecule has 14 heavy (non-hydrogen) atoms. The lowest BCUT2D eigenvalue weighted by Crippen LogP contribution is -2.02. The lowest BCUT2D eigenvalue weighted by molar-refractivity contribution is -0.117. The summed E-state index contributed by atoms with van der Waals surface area (Å²) in [5.74, 6) is 0.970. The maximum atomic E-state index is 11.4. The molecule has 1 nitrogen and oxygen atoms in total. The standard InChI is InChI=1S/C11H10BrClO/c12-6-11(14)10-5-9(10)7-1-3-8(13)4-2-7/h1-4,9-10H,5-6H2/t9-,10+/m0/s1. The minimum atomic E-state index is 0.232. The normalized spacial score (nSPS) is 24.7. The van der Waals surface area contributed by atoms with Gasteiger partial charge in [-0.1, -0.05) is 39.7 Å². The summed E-state index contributed by atoms with van der Waals surface area (Å²) in [7, 11) is 0. The predicted octanol–water partition coefficient (Wildman–Crippen LogP) is 3.41.